The van der Waals surface area contributed by atoms with Crippen LogP contribution in [-0.2, 0) is 4.74 Å². The molecule has 1 heterocycles. The van der Waals surface area contributed by atoms with Crippen LogP contribution >= 0.6 is 27.5 Å². The number of benzene rings is 1. The quantitative estimate of drug-likeness (QED) is 0.702. The average molecular weight is 436 g/mol. The number of amides is 2. The third-order valence-corrected chi connectivity index (χ3v) is 4.89. The summed E-state index contributed by atoms with van der Waals surface area (Å²) in [7, 11) is 0. The lowest BCUT2D eigenvalue weighted by atomic mass is 10.1. The lowest BCUT2D eigenvalue weighted by molar-refractivity contribution is 0.0185. The summed E-state index contributed by atoms with van der Waals surface area (Å²) in [5, 5.41) is 2.77. The maximum Gasteiger partial charge on any atom is 0.410 e. The molecule has 0 bridgehead atoms. The van der Waals surface area contributed by atoms with Gasteiger partial charge in [-0.2, -0.15) is 0 Å². The third kappa shape index (κ3) is 5.57. The maximum absolute atomic E-state index is 13.7. The van der Waals surface area contributed by atoms with Gasteiger partial charge in [0.25, 0.3) is 5.91 Å². The van der Waals surface area contributed by atoms with Crippen LogP contribution < -0.4 is 5.32 Å². The molecule has 0 unspecified atom stereocenters. The Morgan fingerprint density at radius 3 is 2.68 bits per heavy atom. The molecule has 1 atom stereocenters. The first-order valence-electron chi connectivity index (χ1n) is 8.00. The Morgan fingerprint density at radius 2 is 2.08 bits per heavy atom. The summed E-state index contributed by atoms with van der Waals surface area (Å²) in [6.07, 6.45) is 1.09. The van der Waals surface area contributed by atoms with Gasteiger partial charge in [0.2, 0.25) is 0 Å². The molecular weight excluding hydrogens is 415 g/mol. The molecular formula is C17H21BrClFN2O3. The Balaban J connectivity index is 2.00. The van der Waals surface area contributed by atoms with E-state index in [1.54, 1.807) is 25.7 Å². The highest BCUT2D eigenvalue weighted by molar-refractivity contribution is 9.10. The van der Waals surface area contributed by atoms with Crippen LogP contribution in [0.15, 0.2) is 16.6 Å². The van der Waals surface area contributed by atoms with Crippen molar-refractivity contribution in [1.82, 2.24) is 10.2 Å². The minimum Gasteiger partial charge on any atom is -0.444 e. The molecule has 0 radical (unpaired) electrons. The van der Waals surface area contributed by atoms with Crippen LogP contribution in [0.3, 0.4) is 0 Å². The van der Waals surface area contributed by atoms with Gasteiger partial charge in [0.15, 0.2) is 0 Å². The van der Waals surface area contributed by atoms with E-state index in [1.807, 2.05) is 0 Å². The van der Waals surface area contributed by atoms with E-state index in [-0.39, 0.29) is 16.6 Å². The number of likely N-dealkylation sites (tertiary alicyclic amines) is 1. The van der Waals surface area contributed by atoms with Gasteiger partial charge in [-0.3, -0.25) is 4.79 Å². The van der Waals surface area contributed by atoms with E-state index in [0.29, 0.717) is 17.6 Å². The number of piperidine rings is 1. The monoisotopic (exact) mass is 434 g/mol. The highest BCUT2D eigenvalue weighted by Gasteiger charge is 2.28. The molecule has 1 aliphatic rings. The van der Waals surface area contributed by atoms with Crippen molar-refractivity contribution in [3.8, 4) is 0 Å². The summed E-state index contributed by atoms with van der Waals surface area (Å²) < 4.78 is 19.4. The highest BCUT2D eigenvalue weighted by atomic mass is 79.9. The Kier molecular flexibility index (Phi) is 6.32. The Morgan fingerprint density at radius 1 is 1.40 bits per heavy atom. The summed E-state index contributed by atoms with van der Waals surface area (Å²) in [6, 6.07) is 2.35. The molecule has 0 aromatic heterocycles. The molecule has 1 saturated heterocycles. The van der Waals surface area contributed by atoms with E-state index < -0.39 is 23.4 Å². The molecule has 0 aliphatic carbocycles. The summed E-state index contributed by atoms with van der Waals surface area (Å²) in [6.45, 7) is 6.36. The zero-order valence-corrected chi connectivity index (χ0v) is 16.7. The fourth-order valence-electron chi connectivity index (χ4n) is 2.54. The van der Waals surface area contributed by atoms with Gasteiger partial charge in [0.05, 0.1) is 5.02 Å². The largest absolute Gasteiger partial charge is 0.444 e. The fourth-order valence-corrected chi connectivity index (χ4v) is 3.09. The number of carbonyl (C=O) groups excluding carboxylic acids is 2. The van der Waals surface area contributed by atoms with E-state index >= 15 is 0 Å². The zero-order chi connectivity index (χ0) is 18.8. The molecule has 2 rings (SSSR count). The number of carbonyl (C=O) groups is 2. The van der Waals surface area contributed by atoms with Crippen LogP contribution in [0.2, 0.25) is 5.02 Å². The van der Waals surface area contributed by atoms with Crippen LogP contribution in [0, 0.1) is 5.82 Å². The number of nitrogens with one attached hydrogen (secondary N) is 1. The van der Waals surface area contributed by atoms with Gasteiger partial charge < -0.3 is 15.0 Å². The van der Waals surface area contributed by atoms with E-state index in [2.05, 4.69) is 21.2 Å². The molecule has 2 amide bonds. The zero-order valence-electron chi connectivity index (χ0n) is 14.4. The topological polar surface area (TPSA) is 58.6 Å². The van der Waals surface area contributed by atoms with Crippen molar-refractivity contribution >= 4 is 39.5 Å². The lowest BCUT2D eigenvalue weighted by Crippen LogP contribution is -2.50. The minimum atomic E-state index is -0.666. The normalized spacial score (nSPS) is 18.0. The number of halogens is 3. The summed E-state index contributed by atoms with van der Waals surface area (Å²) in [4.78, 5) is 26.1. The molecule has 1 aliphatic heterocycles. The number of nitrogens with zero attached hydrogens (tertiary/aromatic N) is 1. The second-order valence-corrected chi connectivity index (χ2v) is 8.23. The van der Waals surface area contributed by atoms with Gasteiger partial charge in [0, 0.05) is 29.2 Å². The van der Waals surface area contributed by atoms with E-state index in [1.165, 1.54) is 6.07 Å². The molecule has 1 fully saturated rings. The predicted molar refractivity (Wildman–Crippen MR) is 97.4 cm³/mol. The summed E-state index contributed by atoms with van der Waals surface area (Å²) >= 11 is 8.87. The molecule has 1 aromatic carbocycles. The average Bonchev–Trinajstić information content (AvgIpc) is 2.50. The first-order chi connectivity index (χ1) is 11.6. The van der Waals surface area contributed by atoms with Crippen LogP contribution in [-0.4, -0.2) is 41.6 Å². The van der Waals surface area contributed by atoms with Gasteiger partial charge in [0.1, 0.15) is 11.4 Å². The molecule has 1 aromatic rings. The van der Waals surface area contributed by atoms with Crippen molar-refractivity contribution < 1.29 is 18.7 Å². The second kappa shape index (κ2) is 7.91. The van der Waals surface area contributed by atoms with Gasteiger partial charge in [-0.1, -0.05) is 11.6 Å². The van der Waals surface area contributed by atoms with Gasteiger partial charge in [-0.25, -0.2) is 9.18 Å². The SMILES string of the molecule is CC(C)(C)OC(=O)N1CCC[C@@H](NC(=O)c2cc(F)c(Cl)c(Br)c2)C1. The number of hydrogen-bond acceptors (Lipinski definition) is 3. The number of hydrogen-bond donors (Lipinski definition) is 1. The molecule has 0 saturated carbocycles. The van der Waals surface area contributed by atoms with Crippen LogP contribution in [0.5, 0.6) is 0 Å². The highest BCUT2D eigenvalue weighted by Crippen LogP contribution is 2.27. The molecule has 25 heavy (non-hydrogen) atoms. The van der Waals surface area contributed by atoms with E-state index in [0.717, 1.165) is 18.9 Å². The maximum atomic E-state index is 13.7. The van der Waals surface area contributed by atoms with Crippen molar-refractivity contribution in [1.29, 1.82) is 0 Å². The molecule has 138 valence electrons. The molecule has 1 N–H and O–H groups in total. The first-order valence-corrected chi connectivity index (χ1v) is 9.17. The van der Waals surface area contributed by atoms with Crippen molar-refractivity contribution in [2.45, 2.75) is 45.3 Å². The van der Waals surface area contributed by atoms with Crippen LogP contribution in [0.4, 0.5) is 9.18 Å². The van der Waals surface area contributed by atoms with Crippen molar-refractivity contribution in [2.75, 3.05) is 13.1 Å². The second-order valence-electron chi connectivity index (χ2n) is 6.99. The van der Waals surface area contributed by atoms with Gasteiger partial charge >= 0.3 is 6.09 Å². The molecule has 0 spiro atoms. The number of rotatable bonds is 2. The van der Waals surface area contributed by atoms with Crippen molar-refractivity contribution in [3.05, 3.63) is 33.0 Å². The van der Waals surface area contributed by atoms with E-state index in [9.17, 15) is 14.0 Å². The summed E-state index contributed by atoms with van der Waals surface area (Å²) in [5.41, 5.74) is -0.399. The van der Waals surface area contributed by atoms with Crippen molar-refractivity contribution in [2.24, 2.45) is 0 Å². The predicted octanol–water partition coefficient (Wildman–Crippen LogP) is 4.37. The Bertz CT molecular complexity index is 655. The van der Waals surface area contributed by atoms with Gasteiger partial charge in [-0.15, -0.1) is 0 Å². The van der Waals surface area contributed by atoms with Crippen molar-refractivity contribution in [3.63, 3.8) is 0 Å². The third-order valence-electron chi connectivity index (χ3n) is 3.65. The minimum absolute atomic E-state index is 0.0645. The Hall–Kier alpha value is -1.34. The van der Waals surface area contributed by atoms with E-state index in [4.69, 9.17) is 16.3 Å². The fraction of sp³-hybridized carbons (Fsp3) is 0.529. The van der Waals surface area contributed by atoms with Crippen LogP contribution in [0.1, 0.15) is 44.0 Å². The lowest BCUT2D eigenvalue weighted by Gasteiger charge is -2.34. The standard InChI is InChI=1S/C17H21BrClFN2O3/c1-17(2,3)25-16(24)22-6-4-5-11(9-22)21-15(23)10-7-12(18)14(19)13(20)8-10/h7-8,11H,4-6,9H2,1-3H3,(H,21,23)/t11-/m1/s1. The summed E-state index contributed by atoms with van der Waals surface area (Å²) in [5.74, 6) is -1.08. The number of ether oxygens (including phenoxy) is 1. The molecule has 5 nitrogen and oxygen atoms in total. The smallest absolute Gasteiger partial charge is 0.410 e. The van der Waals surface area contributed by atoms with Gasteiger partial charge in [-0.05, 0) is 61.7 Å². The first kappa shape index (κ1) is 20.0. The Labute approximate surface area is 160 Å². The molecule has 8 heteroatoms. The van der Waals surface area contributed by atoms with Crippen LogP contribution in [0.25, 0.3) is 0 Å².